The van der Waals surface area contributed by atoms with Crippen LogP contribution in [0, 0.1) is 5.92 Å². The summed E-state index contributed by atoms with van der Waals surface area (Å²) in [6, 6.07) is 36.0. The van der Waals surface area contributed by atoms with Crippen LogP contribution in [0.25, 0.3) is 72.7 Å². The Hall–Kier alpha value is -6.26. The average Bonchev–Trinajstić information content (AvgIpc) is 3.66. The molecule has 0 fully saturated rings. The zero-order chi connectivity index (χ0) is 48.5. The van der Waals surface area contributed by atoms with E-state index in [4.69, 9.17) is 16.8 Å². The molecular formula is C58H61N3O. The summed E-state index contributed by atoms with van der Waals surface area (Å²) < 4.78 is 44.5. The molecular weight excluding hydrogens is 755 g/mol. The van der Waals surface area contributed by atoms with Crippen molar-refractivity contribution in [3.63, 3.8) is 0 Å². The van der Waals surface area contributed by atoms with Crippen molar-refractivity contribution in [2.24, 2.45) is 5.92 Å². The van der Waals surface area contributed by atoms with E-state index in [2.05, 4.69) is 172 Å². The molecule has 2 aromatic heterocycles. The number of benzene rings is 6. The van der Waals surface area contributed by atoms with Crippen LogP contribution in [-0.4, -0.2) is 19.6 Å². The molecule has 0 aliphatic carbocycles. The second-order valence-electron chi connectivity index (χ2n) is 20.2. The number of fused-ring (bicyclic) bond motifs is 1. The van der Waals surface area contributed by atoms with Crippen molar-refractivity contribution in [1.29, 1.82) is 0 Å². The molecule has 6 aromatic carbocycles. The maximum absolute atomic E-state index is 12.5. The quantitative estimate of drug-likeness (QED) is 0.166. The van der Waals surface area contributed by atoms with E-state index < -0.39 is 6.04 Å². The minimum absolute atomic E-state index is 0.130. The number of aromatic hydroxyl groups is 1. The molecule has 0 unspecified atom stereocenters. The van der Waals surface area contributed by atoms with Gasteiger partial charge in [0.25, 0.3) is 0 Å². The molecule has 1 N–H and O–H groups in total. The first-order valence-corrected chi connectivity index (χ1v) is 21.7. The third-order valence-corrected chi connectivity index (χ3v) is 11.7. The van der Waals surface area contributed by atoms with Crippen LogP contribution in [0.15, 0.2) is 146 Å². The maximum Gasteiger partial charge on any atom is 0.149 e. The highest BCUT2D eigenvalue weighted by atomic mass is 16.3. The molecule has 0 saturated heterocycles. The summed E-state index contributed by atoms with van der Waals surface area (Å²) in [5, 5.41) is 12.5. The topological polar surface area (TPSA) is 50.9 Å². The fourth-order valence-electron chi connectivity index (χ4n) is 8.29. The summed E-state index contributed by atoms with van der Waals surface area (Å²) in [5.41, 5.74) is 12.6. The van der Waals surface area contributed by atoms with E-state index in [1.54, 1.807) is 18.3 Å². The predicted octanol–water partition coefficient (Wildman–Crippen LogP) is 15.6. The number of phenols is 1. The Morgan fingerprint density at radius 2 is 1.29 bits per heavy atom. The normalized spacial score (nSPS) is 13.5. The van der Waals surface area contributed by atoms with Gasteiger partial charge in [0, 0.05) is 28.5 Å². The van der Waals surface area contributed by atoms with Gasteiger partial charge in [-0.1, -0.05) is 167 Å². The summed E-state index contributed by atoms with van der Waals surface area (Å²) in [6.07, 6.45) is 2.56. The van der Waals surface area contributed by atoms with E-state index in [0.29, 0.717) is 28.6 Å². The Morgan fingerprint density at radius 3 is 1.97 bits per heavy atom. The number of para-hydroxylation sites is 1. The molecule has 62 heavy (non-hydrogen) atoms. The molecule has 8 rings (SSSR count). The van der Waals surface area contributed by atoms with Crippen molar-refractivity contribution < 1.29 is 12.0 Å². The number of aromatic nitrogens is 3. The van der Waals surface area contributed by atoms with Crippen LogP contribution in [-0.2, 0) is 22.7 Å². The second-order valence-corrected chi connectivity index (χ2v) is 20.2. The number of imidazole rings is 1. The van der Waals surface area contributed by atoms with E-state index in [9.17, 15) is 5.11 Å². The summed E-state index contributed by atoms with van der Waals surface area (Å²) in [4.78, 5) is 10.4. The molecule has 0 aliphatic heterocycles. The van der Waals surface area contributed by atoms with Crippen LogP contribution < -0.4 is 0 Å². The van der Waals surface area contributed by atoms with Gasteiger partial charge < -0.3 is 5.11 Å². The third-order valence-electron chi connectivity index (χ3n) is 11.7. The van der Waals surface area contributed by atoms with Crippen LogP contribution in [0.5, 0.6) is 5.75 Å². The Balaban J connectivity index is 1.45. The minimum Gasteiger partial charge on any atom is -0.507 e. The Labute approximate surface area is 376 Å². The first kappa shape index (κ1) is 36.4. The lowest BCUT2D eigenvalue weighted by Crippen LogP contribution is -2.17. The number of hydrogen-bond donors (Lipinski definition) is 1. The number of phenolic OH excluding ortho intramolecular Hbond substituents is 1. The highest BCUT2D eigenvalue weighted by Gasteiger charge is 2.29. The van der Waals surface area contributed by atoms with Gasteiger partial charge in [-0.25, -0.2) is 4.98 Å². The lowest BCUT2D eigenvalue weighted by Gasteiger charge is -2.27. The lowest BCUT2D eigenvalue weighted by molar-refractivity contribution is 0.446. The Morgan fingerprint density at radius 1 is 0.597 bits per heavy atom. The molecule has 4 nitrogen and oxygen atoms in total. The van der Waals surface area contributed by atoms with E-state index in [1.165, 1.54) is 5.56 Å². The zero-order valence-corrected chi connectivity index (χ0v) is 38.0. The van der Waals surface area contributed by atoms with Crippen molar-refractivity contribution in [2.75, 3.05) is 0 Å². The molecule has 314 valence electrons. The van der Waals surface area contributed by atoms with Crippen molar-refractivity contribution in [3.8, 4) is 67.5 Å². The summed E-state index contributed by atoms with van der Waals surface area (Å²) in [7, 11) is 0. The first-order valence-electron chi connectivity index (χ1n) is 24.2. The van der Waals surface area contributed by atoms with E-state index in [-0.39, 0.29) is 51.7 Å². The molecule has 0 aliphatic rings. The molecule has 0 amide bonds. The maximum atomic E-state index is 12.5. The van der Waals surface area contributed by atoms with Crippen LogP contribution >= 0.6 is 0 Å². The number of pyridine rings is 1. The van der Waals surface area contributed by atoms with Crippen molar-refractivity contribution in [1.82, 2.24) is 14.5 Å². The Bertz CT molecular complexity index is 3170. The van der Waals surface area contributed by atoms with Crippen LogP contribution in [0.3, 0.4) is 0 Å². The fourth-order valence-corrected chi connectivity index (χ4v) is 8.29. The largest absolute Gasteiger partial charge is 0.507 e. The first-order chi connectivity index (χ1) is 31.4. The van der Waals surface area contributed by atoms with Gasteiger partial charge in [-0.15, -0.1) is 0 Å². The van der Waals surface area contributed by atoms with Gasteiger partial charge in [-0.2, -0.15) is 0 Å². The van der Waals surface area contributed by atoms with Gasteiger partial charge in [-0.05, 0) is 116 Å². The fraction of sp³-hybridized carbons (Fsp3) is 0.276. The average molecular weight is 821 g/mol. The summed E-state index contributed by atoms with van der Waals surface area (Å²) >= 11 is 0. The van der Waals surface area contributed by atoms with Gasteiger partial charge in [0.05, 0.1) is 34.8 Å². The highest BCUT2D eigenvalue weighted by molar-refractivity contribution is 5.98. The molecule has 8 aromatic rings. The van der Waals surface area contributed by atoms with Crippen molar-refractivity contribution in [3.05, 3.63) is 168 Å². The number of hydrogen-bond acceptors (Lipinski definition) is 3. The van der Waals surface area contributed by atoms with Gasteiger partial charge in [0.15, 0.2) is 0 Å². The summed E-state index contributed by atoms with van der Waals surface area (Å²) in [5.74, 6) is 1.30. The Kier molecular flexibility index (Phi) is 9.52. The lowest BCUT2D eigenvalue weighted by atomic mass is 9.79. The van der Waals surface area contributed by atoms with Crippen LogP contribution in [0.1, 0.15) is 105 Å². The molecule has 4 heteroatoms. The van der Waals surface area contributed by atoms with Crippen molar-refractivity contribution >= 4 is 11.0 Å². The van der Waals surface area contributed by atoms with Gasteiger partial charge in [0.1, 0.15) is 11.6 Å². The molecule has 0 radical (unpaired) electrons. The smallest absolute Gasteiger partial charge is 0.149 e. The van der Waals surface area contributed by atoms with E-state index in [0.717, 1.165) is 67.6 Å². The van der Waals surface area contributed by atoms with E-state index in [1.807, 2.05) is 6.07 Å². The van der Waals surface area contributed by atoms with Crippen LogP contribution in [0.4, 0.5) is 0 Å². The molecule has 0 bridgehead atoms. The number of rotatable bonds is 8. The van der Waals surface area contributed by atoms with Gasteiger partial charge >= 0.3 is 0 Å². The van der Waals surface area contributed by atoms with Crippen LogP contribution in [0.2, 0.25) is 0 Å². The highest BCUT2D eigenvalue weighted by Crippen LogP contribution is 2.46. The van der Waals surface area contributed by atoms with Gasteiger partial charge in [-0.3, -0.25) is 9.55 Å². The third kappa shape index (κ3) is 8.48. The van der Waals surface area contributed by atoms with Gasteiger partial charge in [0.2, 0.25) is 0 Å². The predicted molar refractivity (Wildman–Crippen MR) is 262 cm³/mol. The molecule has 2 heterocycles. The SMILES string of the molecule is [2H]c1c([2H])c([2H])c(-c2ccnc(-c3cc(-c4cccc5c4nc(-c4cc(C(C)(C)C)cc(C(C)(C)C)c4O)n5-c4ccc(CC(C)C)cc4-c4ccccc4)cc(C(C)(C)C)c3)c2)c([2H])c1[2H]. The standard InChI is InChI=1S/C58H61N3O/c1-37(2)29-38-25-26-51(47(30-38)40-21-16-13-17-22-40)61-52-24-18-23-46(53(52)60-55(61)48-35-45(57(6,7)8)36-49(54(48)62)58(9,10)11)42-31-43(33-44(32-42)56(3,4)5)50-34-41(27-28-59-50)39-19-14-12-15-20-39/h12-28,30-37,62H,29H2,1-11H3/i12D,14D,15D,19D,20D. The monoisotopic (exact) mass is 821 g/mol. The molecule has 0 spiro atoms. The molecule has 0 saturated carbocycles. The zero-order valence-electron chi connectivity index (χ0n) is 43.0. The molecule has 0 atom stereocenters. The van der Waals surface area contributed by atoms with E-state index >= 15 is 0 Å². The summed E-state index contributed by atoms with van der Waals surface area (Å²) in [6.45, 7) is 24.0. The second kappa shape index (κ2) is 16.2. The van der Waals surface area contributed by atoms with Crippen molar-refractivity contribution in [2.45, 2.75) is 98.8 Å². The minimum atomic E-state index is -0.429. The number of nitrogens with zero attached hydrogens (tertiary/aromatic N) is 3.